The molecule has 1 fully saturated rings. The highest BCUT2D eigenvalue weighted by Crippen LogP contribution is 2.44. The molecule has 0 spiro atoms. The number of aromatic nitrogens is 7. The predicted octanol–water partition coefficient (Wildman–Crippen LogP) is 4.23. The summed E-state index contributed by atoms with van der Waals surface area (Å²) in [6.45, 7) is 3.36. The van der Waals surface area contributed by atoms with E-state index in [1.807, 2.05) is 17.7 Å². The molecule has 0 radical (unpaired) electrons. The third-order valence-corrected chi connectivity index (χ3v) is 6.96. The van der Waals surface area contributed by atoms with E-state index in [0.717, 1.165) is 60.5 Å². The van der Waals surface area contributed by atoms with Crippen LogP contribution in [0.2, 0.25) is 0 Å². The molecule has 1 saturated carbocycles. The lowest BCUT2D eigenvalue weighted by molar-refractivity contribution is -0.140. The lowest BCUT2D eigenvalue weighted by Gasteiger charge is -2.30. The van der Waals surface area contributed by atoms with Crippen LogP contribution in [0.1, 0.15) is 47.1 Å². The molecule has 2 aliphatic rings. The maximum Gasteiger partial charge on any atom is 0.434 e. The Morgan fingerprint density at radius 3 is 2.57 bits per heavy atom. The molecule has 9 nitrogen and oxygen atoms in total. The van der Waals surface area contributed by atoms with Gasteiger partial charge in [0.15, 0.2) is 11.5 Å². The summed E-state index contributed by atoms with van der Waals surface area (Å²) >= 11 is 0. The maximum atomic E-state index is 13.1. The smallest absolute Gasteiger partial charge is 0.434 e. The van der Waals surface area contributed by atoms with Gasteiger partial charge in [-0.1, -0.05) is 0 Å². The quantitative estimate of drug-likeness (QED) is 0.397. The number of nitrogens with zero attached hydrogens (tertiary/aromatic N) is 8. The van der Waals surface area contributed by atoms with Gasteiger partial charge in [-0.3, -0.25) is 4.98 Å². The first-order valence-corrected chi connectivity index (χ1v) is 12.0. The zero-order valence-electron chi connectivity index (χ0n) is 20.6. The van der Waals surface area contributed by atoms with Gasteiger partial charge in [0.1, 0.15) is 17.7 Å². The molecule has 0 amide bonds. The van der Waals surface area contributed by atoms with Gasteiger partial charge in [-0.2, -0.15) is 23.3 Å². The Morgan fingerprint density at radius 2 is 1.92 bits per heavy atom. The van der Waals surface area contributed by atoms with Crippen LogP contribution >= 0.6 is 0 Å². The van der Waals surface area contributed by atoms with E-state index in [9.17, 15) is 13.2 Å². The lowest BCUT2D eigenvalue weighted by Crippen LogP contribution is -2.31. The van der Waals surface area contributed by atoms with Gasteiger partial charge < -0.3 is 14.2 Å². The van der Waals surface area contributed by atoms with Gasteiger partial charge in [0.05, 0.1) is 42.6 Å². The summed E-state index contributed by atoms with van der Waals surface area (Å²) in [5.74, 6) is 1.04. The fourth-order valence-corrected chi connectivity index (χ4v) is 4.93. The minimum atomic E-state index is -4.51. The average molecular weight is 511 g/mol. The van der Waals surface area contributed by atoms with Crippen LogP contribution in [-0.4, -0.2) is 47.9 Å². The second-order valence-electron chi connectivity index (χ2n) is 9.45. The molecule has 0 N–H and O–H groups in total. The number of alkyl halides is 3. The van der Waals surface area contributed by atoms with E-state index in [1.54, 1.807) is 19.4 Å². The Labute approximate surface area is 211 Å². The lowest BCUT2D eigenvalue weighted by atomic mass is 10.0. The molecule has 1 aliphatic carbocycles. The summed E-state index contributed by atoms with van der Waals surface area (Å²) in [6, 6.07) is 3.57. The van der Waals surface area contributed by atoms with Crippen molar-refractivity contribution in [3.8, 4) is 23.1 Å². The molecule has 0 aromatic carbocycles. The number of rotatable bonds is 5. The van der Waals surface area contributed by atoms with Crippen LogP contribution in [-0.2, 0) is 26.2 Å². The summed E-state index contributed by atoms with van der Waals surface area (Å²) in [5.41, 5.74) is 5.25. The van der Waals surface area contributed by atoms with E-state index >= 15 is 0 Å². The van der Waals surface area contributed by atoms with Crippen molar-refractivity contribution >= 4 is 5.69 Å². The van der Waals surface area contributed by atoms with Gasteiger partial charge in [-0.25, -0.2) is 14.6 Å². The number of fused-ring (bicyclic) bond motifs is 1. The zero-order chi connectivity index (χ0) is 25.9. The van der Waals surface area contributed by atoms with Gasteiger partial charge in [-0.05, 0) is 38.3 Å². The first kappa shape index (κ1) is 23.4. The van der Waals surface area contributed by atoms with Gasteiger partial charge >= 0.3 is 6.18 Å². The highest BCUT2D eigenvalue weighted by molar-refractivity contribution is 5.57. The fraction of sp³-hybridized carbons (Fsp3) is 0.400. The molecular weight excluding hydrogens is 485 g/mol. The molecule has 0 atom stereocenters. The van der Waals surface area contributed by atoms with Crippen LogP contribution in [0.25, 0.3) is 17.2 Å². The summed E-state index contributed by atoms with van der Waals surface area (Å²) in [7, 11) is 3.13. The maximum absolute atomic E-state index is 13.1. The SMILES string of the molecule is COc1ncnc(C2CC2)c1-n1nc(C)c2c1CN(c1ccc(-c3nc(C(F)(F)F)cn3C)nc1)CC2. The first-order valence-electron chi connectivity index (χ1n) is 12.0. The molecule has 0 bridgehead atoms. The topological polar surface area (TPSA) is 86.8 Å². The fourth-order valence-electron chi connectivity index (χ4n) is 4.93. The molecule has 5 heterocycles. The molecule has 4 aromatic rings. The van der Waals surface area contributed by atoms with Crippen molar-refractivity contribution < 1.29 is 17.9 Å². The Hall–Kier alpha value is -3.96. The Kier molecular flexibility index (Phi) is 5.42. The normalized spacial score (nSPS) is 15.7. The molecule has 192 valence electrons. The number of hydrogen-bond donors (Lipinski definition) is 0. The van der Waals surface area contributed by atoms with Gasteiger partial charge in [0.2, 0.25) is 5.88 Å². The van der Waals surface area contributed by atoms with Crippen molar-refractivity contribution in [3.63, 3.8) is 0 Å². The van der Waals surface area contributed by atoms with E-state index in [0.29, 0.717) is 24.0 Å². The molecule has 12 heteroatoms. The number of ether oxygens (including phenoxy) is 1. The van der Waals surface area contributed by atoms with Crippen LogP contribution in [0.5, 0.6) is 5.88 Å². The van der Waals surface area contributed by atoms with Gasteiger partial charge in [-0.15, -0.1) is 0 Å². The number of pyridine rings is 1. The summed E-state index contributed by atoms with van der Waals surface area (Å²) in [6.07, 6.45) is 2.65. The van der Waals surface area contributed by atoms with E-state index < -0.39 is 11.9 Å². The molecule has 1 aliphatic heterocycles. The zero-order valence-corrected chi connectivity index (χ0v) is 20.6. The standard InChI is InChI=1S/C25H25F3N8O/c1-14-17-8-9-35(16-6-7-18(29-10-16)23-32-20(12-34(23)2)25(26,27)28)11-19(17)36(33-14)22-21(15-4-5-15)30-13-31-24(22)37-3/h6-7,10,12-13,15H,4-5,8-9,11H2,1-3H3. The second-order valence-corrected chi connectivity index (χ2v) is 9.45. The van der Waals surface area contributed by atoms with Crippen molar-refractivity contribution in [3.05, 3.63) is 59.2 Å². The van der Waals surface area contributed by atoms with Gasteiger partial charge in [0, 0.05) is 31.3 Å². The van der Waals surface area contributed by atoms with Crippen molar-refractivity contribution in [1.29, 1.82) is 0 Å². The second kappa shape index (κ2) is 8.56. The molecule has 4 aromatic heterocycles. The van der Waals surface area contributed by atoms with Crippen LogP contribution in [0.3, 0.4) is 0 Å². The van der Waals surface area contributed by atoms with Crippen LogP contribution in [0.4, 0.5) is 18.9 Å². The number of anilines is 1. The number of imidazole rings is 1. The third-order valence-electron chi connectivity index (χ3n) is 6.96. The third kappa shape index (κ3) is 4.09. The predicted molar refractivity (Wildman–Crippen MR) is 129 cm³/mol. The first-order chi connectivity index (χ1) is 17.7. The van der Waals surface area contributed by atoms with E-state index in [4.69, 9.17) is 9.84 Å². The van der Waals surface area contributed by atoms with E-state index in [1.165, 1.54) is 23.5 Å². The van der Waals surface area contributed by atoms with Crippen LogP contribution in [0.15, 0.2) is 30.9 Å². The molecule has 0 saturated heterocycles. The van der Waals surface area contributed by atoms with Crippen LogP contribution in [0, 0.1) is 6.92 Å². The average Bonchev–Trinajstić information content (AvgIpc) is 3.58. The number of halogens is 3. The number of hydrogen-bond acceptors (Lipinski definition) is 7. The summed E-state index contributed by atoms with van der Waals surface area (Å²) < 4.78 is 48.1. The van der Waals surface area contributed by atoms with Crippen molar-refractivity contribution in [2.75, 3.05) is 18.6 Å². The van der Waals surface area contributed by atoms with Crippen molar-refractivity contribution in [1.82, 2.24) is 34.3 Å². The van der Waals surface area contributed by atoms with Crippen molar-refractivity contribution in [2.24, 2.45) is 7.05 Å². The molecule has 0 unspecified atom stereocenters. The van der Waals surface area contributed by atoms with Crippen molar-refractivity contribution in [2.45, 2.75) is 44.8 Å². The van der Waals surface area contributed by atoms with E-state index in [-0.39, 0.29) is 5.82 Å². The highest BCUT2D eigenvalue weighted by atomic mass is 19.4. The minimum Gasteiger partial charge on any atom is -0.479 e. The number of methoxy groups -OCH3 is 1. The largest absolute Gasteiger partial charge is 0.479 e. The Morgan fingerprint density at radius 1 is 1.11 bits per heavy atom. The van der Waals surface area contributed by atoms with Gasteiger partial charge in [0.25, 0.3) is 0 Å². The van der Waals surface area contributed by atoms with E-state index in [2.05, 4.69) is 24.8 Å². The number of aryl methyl sites for hydroxylation is 2. The highest BCUT2D eigenvalue weighted by Gasteiger charge is 2.35. The Bertz CT molecular complexity index is 1470. The molecular formula is C25H25F3N8O. The van der Waals surface area contributed by atoms with Crippen LogP contribution < -0.4 is 9.64 Å². The minimum absolute atomic E-state index is 0.164. The molecule has 37 heavy (non-hydrogen) atoms. The molecule has 6 rings (SSSR count). The summed E-state index contributed by atoms with van der Waals surface area (Å²) in [4.78, 5) is 19.3. The summed E-state index contributed by atoms with van der Waals surface area (Å²) in [5, 5.41) is 4.87. The Balaban J connectivity index is 1.32. The monoisotopic (exact) mass is 510 g/mol.